The third-order valence-electron chi connectivity index (χ3n) is 4.38. The molecule has 2 fully saturated rings. The number of rotatable bonds is 1. The first-order valence-electron chi connectivity index (χ1n) is 7.22. The maximum Gasteiger partial charge on any atom is 0.105 e. The Labute approximate surface area is 114 Å². The van der Waals surface area contributed by atoms with Crippen LogP contribution >= 0.6 is 11.3 Å². The molecule has 1 N–H and O–H groups in total. The Balaban J connectivity index is 1.77. The van der Waals surface area contributed by atoms with E-state index in [0.717, 1.165) is 13.1 Å². The summed E-state index contributed by atoms with van der Waals surface area (Å²) in [5.41, 5.74) is 1.51. The molecule has 1 aromatic rings. The van der Waals surface area contributed by atoms with Crippen molar-refractivity contribution in [3.8, 4) is 0 Å². The van der Waals surface area contributed by atoms with Gasteiger partial charge in [0.15, 0.2) is 0 Å². The maximum atomic E-state index is 6.57. The van der Waals surface area contributed by atoms with Crippen molar-refractivity contribution in [1.29, 1.82) is 0 Å². The standard InChI is InChI=1S/C15H23NOS/c1-12-6-9-18-14(12)13-10-16-11-15(17-13)7-4-2-3-5-8-15/h6,9,13,16H,2-5,7-8,10-11H2,1H3. The van der Waals surface area contributed by atoms with Gasteiger partial charge in [-0.2, -0.15) is 0 Å². The van der Waals surface area contributed by atoms with Crippen molar-refractivity contribution in [1.82, 2.24) is 5.32 Å². The maximum absolute atomic E-state index is 6.57. The third-order valence-corrected chi connectivity index (χ3v) is 5.49. The van der Waals surface area contributed by atoms with E-state index in [2.05, 4.69) is 23.7 Å². The van der Waals surface area contributed by atoms with E-state index in [1.54, 1.807) is 0 Å². The van der Waals surface area contributed by atoms with Crippen molar-refractivity contribution in [2.75, 3.05) is 13.1 Å². The van der Waals surface area contributed by atoms with Gasteiger partial charge in [-0.05, 0) is 36.8 Å². The van der Waals surface area contributed by atoms with Crippen LogP contribution in [0.4, 0.5) is 0 Å². The minimum absolute atomic E-state index is 0.121. The van der Waals surface area contributed by atoms with Gasteiger partial charge in [0.05, 0.1) is 5.60 Å². The van der Waals surface area contributed by atoms with Gasteiger partial charge in [-0.15, -0.1) is 11.3 Å². The van der Waals surface area contributed by atoms with Crippen molar-refractivity contribution >= 4 is 11.3 Å². The normalized spacial score (nSPS) is 28.2. The molecule has 0 aromatic carbocycles. The average molecular weight is 265 g/mol. The molecule has 0 radical (unpaired) electrons. The van der Waals surface area contributed by atoms with Gasteiger partial charge in [-0.25, -0.2) is 0 Å². The van der Waals surface area contributed by atoms with Crippen LogP contribution in [0.25, 0.3) is 0 Å². The van der Waals surface area contributed by atoms with Crippen LogP contribution in [0, 0.1) is 6.92 Å². The van der Waals surface area contributed by atoms with E-state index < -0.39 is 0 Å². The molecule has 1 aromatic heterocycles. The van der Waals surface area contributed by atoms with Crippen molar-refractivity contribution in [2.45, 2.75) is 57.2 Å². The Kier molecular flexibility index (Phi) is 3.73. The van der Waals surface area contributed by atoms with Crippen LogP contribution in [0.3, 0.4) is 0 Å². The first kappa shape index (κ1) is 12.6. The van der Waals surface area contributed by atoms with E-state index in [1.165, 1.54) is 49.0 Å². The fourth-order valence-corrected chi connectivity index (χ4v) is 4.30. The summed E-state index contributed by atoms with van der Waals surface area (Å²) < 4.78 is 6.57. The highest BCUT2D eigenvalue weighted by molar-refractivity contribution is 7.10. The van der Waals surface area contributed by atoms with Crippen LogP contribution in [-0.2, 0) is 4.74 Å². The summed E-state index contributed by atoms with van der Waals surface area (Å²) in [6, 6.07) is 2.21. The first-order chi connectivity index (χ1) is 8.79. The quantitative estimate of drug-likeness (QED) is 0.833. The smallest absolute Gasteiger partial charge is 0.105 e. The van der Waals surface area contributed by atoms with Crippen LogP contribution < -0.4 is 5.32 Å². The molecule has 1 unspecified atom stereocenters. The molecular formula is C15H23NOS. The number of hydrogen-bond acceptors (Lipinski definition) is 3. The Morgan fingerprint density at radius 3 is 2.72 bits per heavy atom. The van der Waals surface area contributed by atoms with Gasteiger partial charge in [0.25, 0.3) is 0 Å². The predicted octanol–water partition coefficient (Wildman–Crippen LogP) is 3.81. The zero-order chi connectivity index (χ0) is 12.4. The molecule has 2 nitrogen and oxygen atoms in total. The molecule has 1 saturated carbocycles. The molecule has 3 rings (SSSR count). The largest absolute Gasteiger partial charge is 0.364 e. The summed E-state index contributed by atoms with van der Waals surface area (Å²) in [5.74, 6) is 0. The van der Waals surface area contributed by atoms with Crippen LogP contribution in [0.2, 0.25) is 0 Å². The molecule has 1 aliphatic heterocycles. The molecule has 1 atom stereocenters. The zero-order valence-corrected chi connectivity index (χ0v) is 12.0. The molecule has 0 bridgehead atoms. The van der Waals surface area contributed by atoms with Gasteiger partial charge < -0.3 is 10.1 Å². The SMILES string of the molecule is Cc1ccsc1C1CNCC2(CCCCCC2)O1. The van der Waals surface area contributed by atoms with Crippen LogP contribution in [0.15, 0.2) is 11.4 Å². The summed E-state index contributed by atoms with van der Waals surface area (Å²) in [6.45, 7) is 4.22. The summed E-state index contributed by atoms with van der Waals surface area (Å²) in [6.07, 6.45) is 8.18. The average Bonchev–Trinajstić information content (AvgIpc) is 2.68. The van der Waals surface area contributed by atoms with Crippen molar-refractivity contribution in [3.63, 3.8) is 0 Å². The molecule has 1 aliphatic carbocycles. The van der Waals surface area contributed by atoms with Gasteiger partial charge in [0, 0.05) is 18.0 Å². The zero-order valence-electron chi connectivity index (χ0n) is 11.2. The van der Waals surface area contributed by atoms with Crippen molar-refractivity contribution in [3.05, 3.63) is 21.9 Å². The minimum Gasteiger partial charge on any atom is -0.364 e. The topological polar surface area (TPSA) is 21.3 Å². The molecule has 1 saturated heterocycles. The first-order valence-corrected chi connectivity index (χ1v) is 8.10. The van der Waals surface area contributed by atoms with Crippen molar-refractivity contribution < 1.29 is 4.74 Å². The van der Waals surface area contributed by atoms with Gasteiger partial charge in [0.1, 0.15) is 6.10 Å². The second kappa shape index (κ2) is 5.32. The van der Waals surface area contributed by atoms with E-state index in [-0.39, 0.29) is 11.7 Å². The lowest BCUT2D eigenvalue weighted by atomic mass is 9.92. The number of hydrogen-bond donors (Lipinski definition) is 1. The van der Waals surface area contributed by atoms with E-state index in [0.29, 0.717) is 0 Å². The monoisotopic (exact) mass is 265 g/mol. The van der Waals surface area contributed by atoms with E-state index in [4.69, 9.17) is 4.74 Å². The molecular weight excluding hydrogens is 242 g/mol. The Bertz CT molecular complexity index is 393. The number of aryl methyl sites for hydroxylation is 1. The summed E-state index contributed by atoms with van der Waals surface area (Å²) in [7, 11) is 0. The summed E-state index contributed by atoms with van der Waals surface area (Å²) in [5, 5.41) is 5.80. The highest BCUT2D eigenvalue weighted by Crippen LogP contribution is 2.38. The minimum atomic E-state index is 0.121. The number of nitrogens with one attached hydrogen (secondary N) is 1. The lowest BCUT2D eigenvalue weighted by Crippen LogP contribution is -2.50. The fourth-order valence-electron chi connectivity index (χ4n) is 3.34. The van der Waals surface area contributed by atoms with Crippen LogP contribution in [0.1, 0.15) is 55.1 Å². The molecule has 2 heterocycles. The highest BCUT2D eigenvalue weighted by Gasteiger charge is 2.38. The van der Waals surface area contributed by atoms with Crippen molar-refractivity contribution in [2.24, 2.45) is 0 Å². The van der Waals surface area contributed by atoms with Gasteiger partial charge in [-0.1, -0.05) is 25.7 Å². The molecule has 18 heavy (non-hydrogen) atoms. The van der Waals surface area contributed by atoms with Crippen LogP contribution in [-0.4, -0.2) is 18.7 Å². The van der Waals surface area contributed by atoms with Gasteiger partial charge in [0.2, 0.25) is 0 Å². The van der Waals surface area contributed by atoms with Gasteiger partial charge in [-0.3, -0.25) is 0 Å². The van der Waals surface area contributed by atoms with Crippen LogP contribution in [0.5, 0.6) is 0 Å². The van der Waals surface area contributed by atoms with E-state index in [9.17, 15) is 0 Å². The molecule has 3 heteroatoms. The molecule has 1 spiro atoms. The number of morpholine rings is 1. The molecule has 0 amide bonds. The summed E-state index contributed by atoms with van der Waals surface area (Å²) >= 11 is 1.84. The second-order valence-corrected chi connectivity index (χ2v) is 6.75. The molecule has 100 valence electrons. The highest BCUT2D eigenvalue weighted by atomic mass is 32.1. The third kappa shape index (κ3) is 2.49. The molecule has 2 aliphatic rings. The van der Waals surface area contributed by atoms with Gasteiger partial charge >= 0.3 is 0 Å². The van der Waals surface area contributed by atoms with E-state index >= 15 is 0 Å². The lowest BCUT2D eigenvalue weighted by molar-refractivity contribution is -0.125. The number of ether oxygens (including phenoxy) is 1. The Morgan fingerprint density at radius 2 is 2.06 bits per heavy atom. The Morgan fingerprint density at radius 1 is 1.28 bits per heavy atom. The predicted molar refractivity (Wildman–Crippen MR) is 76.2 cm³/mol. The second-order valence-electron chi connectivity index (χ2n) is 5.80. The fraction of sp³-hybridized carbons (Fsp3) is 0.733. The number of thiophene rings is 1. The lowest BCUT2D eigenvalue weighted by Gasteiger charge is -2.41. The Hall–Kier alpha value is -0.380. The van der Waals surface area contributed by atoms with E-state index in [1.807, 2.05) is 11.3 Å². The summed E-state index contributed by atoms with van der Waals surface area (Å²) in [4.78, 5) is 1.42.